The molecular formula is C20H22N4O2. The number of aromatic nitrogens is 2. The van der Waals surface area contributed by atoms with E-state index < -0.39 is 0 Å². The van der Waals surface area contributed by atoms with Crippen molar-refractivity contribution in [1.82, 2.24) is 15.0 Å². The monoisotopic (exact) mass is 350 g/mol. The SMILES string of the molecule is Cc1cccc(-c2noc(CN(C(=O)Nc3ccccc3)C(C)C)n2)c1. The van der Waals surface area contributed by atoms with Gasteiger partial charge in [-0.2, -0.15) is 4.98 Å². The van der Waals surface area contributed by atoms with Crippen molar-refractivity contribution in [3.05, 3.63) is 66.1 Å². The predicted molar refractivity (Wildman–Crippen MR) is 101 cm³/mol. The van der Waals surface area contributed by atoms with Crippen LogP contribution in [0.3, 0.4) is 0 Å². The number of aryl methyl sites for hydroxylation is 1. The Morgan fingerprint density at radius 1 is 1.15 bits per heavy atom. The molecule has 0 aliphatic rings. The minimum Gasteiger partial charge on any atom is -0.337 e. The maximum Gasteiger partial charge on any atom is 0.322 e. The second-order valence-corrected chi connectivity index (χ2v) is 6.40. The fourth-order valence-corrected chi connectivity index (χ4v) is 2.57. The Bertz CT molecular complexity index is 874. The molecule has 0 aliphatic heterocycles. The van der Waals surface area contributed by atoms with Gasteiger partial charge in [0.15, 0.2) is 0 Å². The number of para-hydroxylation sites is 1. The van der Waals surface area contributed by atoms with Gasteiger partial charge in [0.05, 0.1) is 0 Å². The summed E-state index contributed by atoms with van der Waals surface area (Å²) >= 11 is 0. The highest BCUT2D eigenvalue weighted by Crippen LogP contribution is 2.18. The molecule has 2 amide bonds. The van der Waals surface area contributed by atoms with E-state index in [1.54, 1.807) is 4.90 Å². The van der Waals surface area contributed by atoms with Gasteiger partial charge in [-0.25, -0.2) is 4.79 Å². The van der Waals surface area contributed by atoms with Gasteiger partial charge in [-0.05, 0) is 39.0 Å². The van der Waals surface area contributed by atoms with E-state index in [0.29, 0.717) is 11.7 Å². The average Bonchev–Trinajstić information content (AvgIpc) is 3.09. The Labute approximate surface area is 152 Å². The first kappa shape index (κ1) is 17.7. The molecule has 0 aliphatic carbocycles. The summed E-state index contributed by atoms with van der Waals surface area (Å²) in [5.74, 6) is 0.925. The van der Waals surface area contributed by atoms with Crippen LogP contribution in [-0.2, 0) is 6.54 Å². The van der Waals surface area contributed by atoms with E-state index in [9.17, 15) is 4.79 Å². The standard InChI is InChI=1S/C20H22N4O2/c1-14(2)24(20(25)21-17-10-5-4-6-11-17)13-18-22-19(23-26-18)16-9-7-8-15(3)12-16/h4-12,14H,13H2,1-3H3,(H,21,25). The van der Waals surface area contributed by atoms with Crippen molar-refractivity contribution >= 4 is 11.7 Å². The molecule has 26 heavy (non-hydrogen) atoms. The van der Waals surface area contributed by atoms with E-state index in [-0.39, 0.29) is 18.6 Å². The van der Waals surface area contributed by atoms with Crippen molar-refractivity contribution in [2.24, 2.45) is 0 Å². The maximum absolute atomic E-state index is 12.6. The number of carbonyl (C=O) groups excluding carboxylic acids is 1. The van der Waals surface area contributed by atoms with Crippen molar-refractivity contribution in [2.45, 2.75) is 33.4 Å². The van der Waals surface area contributed by atoms with Gasteiger partial charge >= 0.3 is 6.03 Å². The summed E-state index contributed by atoms with van der Waals surface area (Å²) in [6.45, 7) is 6.15. The minimum absolute atomic E-state index is 0.0203. The maximum atomic E-state index is 12.6. The van der Waals surface area contributed by atoms with Crippen LogP contribution < -0.4 is 5.32 Å². The predicted octanol–water partition coefficient (Wildman–Crippen LogP) is 4.49. The Kier molecular flexibility index (Phi) is 5.31. The summed E-state index contributed by atoms with van der Waals surface area (Å²) in [4.78, 5) is 18.7. The number of benzene rings is 2. The topological polar surface area (TPSA) is 71.3 Å². The van der Waals surface area contributed by atoms with Crippen LogP contribution in [0.4, 0.5) is 10.5 Å². The molecular weight excluding hydrogens is 328 g/mol. The van der Waals surface area contributed by atoms with E-state index in [1.165, 1.54) is 0 Å². The molecule has 0 atom stereocenters. The molecule has 0 saturated carbocycles. The van der Waals surface area contributed by atoms with Crippen molar-refractivity contribution in [2.75, 3.05) is 5.32 Å². The Hall–Kier alpha value is -3.15. The van der Waals surface area contributed by atoms with Crippen molar-refractivity contribution < 1.29 is 9.32 Å². The van der Waals surface area contributed by atoms with E-state index in [1.807, 2.05) is 75.4 Å². The average molecular weight is 350 g/mol. The van der Waals surface area contributed by atoms with Gasteiger partial charge < -0.3 is 14.7 Å². The van der Waals surface area contributed by atoms with Crippen LogP contribution in [0.5, 0.6) is 0 Å². The lowest BCUT2D eigenvalue weighted by Gasteiger charge is -2.25. The molecule has 0 radical (unpaired) electrons. The molecule has 3 aromatic rings. The summed E-state index contributed by atoms with van der Waals surface area (Å²) in [5.41, 5.74) is 2.76. The zero-order valence-electron chi connectivity index (χ0n) is 15.1. The van der Waals surface area contributed by atoms with E-state index in [2.05, 4.69) is 15.5 Å². The second-order valence-electron chi connectivity index (χ2n) is 6.40. The third kappa shape index (κ3) is 4.27. The van der Waals surface area contributed by atoms with Gasteiger partial charge in [0.2, 0.25) is 11.7 Å². The van der Waals surface area contributed by atoms with Crippen LogP contribution in [-0.4, -0.2) is 27.1 Å². The molecule has 1 aromatic heterocycles. The largest absolute Gasteiger partial charge is 0.337 e. The van der Waals surface area contributed by atoms with E-state index in [4.69, 9.17) is 4.52 Å². The Balaban J connectivity index is 1.73. The first-order chi connectivity index (χ1) is 12.5. The molecule has 6 nitrogen and oxygen atoms in total. The number of rotatable bonds is 5. The molecule has 0 spiro atoms. The van der Waals surface area contributed by atoms with Crippen LogP contribution in [0, 0.1) is 6.92 Å². The summed E-state index contributed by atoms with van der Waals surface area (Å²) in [7, 11) is 0. The molecule has 3 rings (SSSR count). The fourth-order valence-electron chi connectivity index (χ4n) is 2.57. The van der Waals surface area contributed by atoms with Crippen LogP contribution in [0.15, 0.2) is 59.1 Å². The zero-order valence-corrected chi connectivity index (χ0v) is 15.1. The van der Waals surface area contributed by atoms with Crippen molar-refractivity contribution in [3.63, 3.8) is 0 Å². The summed E-state index contributed by atoms with van der Waals surface area (Å²) in [5, 5.41) is 6.93. The second kappa shape index (κ2) is 7.82. The van der Waals surface area contributed by atoms with Crippen molar-refractivity contribution in [1.29, 1.82) is 0 Å². The summed E-state index contributed by atoms with van der Waals surface area (Å²) in [6, 6.07) is 17.0. The van der Waals surface area contributed by atoms with E-state index >= 15 is 0 Å². The first-order valence-corrected chi connectivity index (χ1v) is 8.55. The number of nitrogens with one attached hydrogen (secondary N) is 1. The highest BCUT2D eigenvalue weighted by Gasteiger charge is 2.21. The smallest absolute Gasteiger partial charge is 0.322 e. The van der Waals surface area contributed by atoms with Gasteiger partial charge in [-0.1, -0.05) is 47.1 Å². The third-order valence-electron chi connectivity index (χ3n) is 3.96. The van der Waals surface area contributed by atoms with Crippen LogP contribution in [0.1, 0.15) is 25.3 Å². The van der Waals surface area contributed by atoms with Crippen LogP contribution in [0.25, 0.3) is 11.4 Å². The number of carbonyl (C=O) groups is 1. The number of urea groups is 1. The molecule has 0 fully saturated rings. The molecule has 1 N–H and O–H groups in total. The van der Waals surface area contributed by atoms with Gasteiger partial charge in [-0.15, -0.1) is 0 Å². The number of amides is 2. The number of anilines is 1. The Morgan fingerprint density at radius 2 is 1.92 bits per heavy atom. The van der Waals surface area contributed by atoms with E-state index in [0.717, 1.165) is 16.8 Å². The molecule has 0 bridgehead atoms. The van der Waals surface area contributed by atoms with Crippen molar-refractivity contribution in [3.8, 4) is 11.4 Å². The third-order valence-corrected chi connectivity index (χ3v) is 3.96. The Morgan fingerprint density at radius 3 is 2.62 bits per heavy atom. The molecule has 6 heteroatoms. The quantitative estimate of drug-likeness (QED) is 0.736. The first-order valence-electron chi connectivity index (χ1n) is 8.55. The fraction of sp³-hybridized carbons (Fsp3) is 0.250. The van der Waals surface area contributed by atoms with Crippen LogP contribution >= 0.6 is 0 Å². The minimum atomic E-state index is -0.207. The van der Waals surface area contributed by atoms with Crippen LogP contribution in [0.2, 0.25) is 0 Å². The molecule has 134 valence electrons. The van der Waals surface area contributed by atoms with Gasteiger partial charge in [0.1, 0.15) is 6.54 Å². The molecule has 2 aromatic carbocycles. The zero-order chi connectivity index (χ0) is 18.5. The highest BCUT2D eigenvalue weighted by molar-refractivity contribution is 5.89. The van der Waals surface area contributed by atoms with Gasteiger partial charge in [0.25, 0.3) is 0 Å². The number of hydrogen-bond acceptors (Lipinski definition) is 4. The highest BCUT2D eigenvalue weighted by atomic mass is 16.5. The summed E-state index contributed by atoms with van der Waals surface area (Å²) in [6.07, 6.45) is 0. The van der Waals surface area contributed by atoms with Gasteiger partial charge in [-0.3, -0.25) is 0 Å². The molecule has 1 heterocycles. The lowest BCUT2D eigenvalue weighted by Crippen LogP contribution is -2.39. The number of nitrogens with zero attached hydrogens (tertiary/aromatic N) is 3. The number of hydrogen-bond donors (Lipinski definition) is 1. The normalized spacial score (nSPS) is 10.8. The van der Waals surface area contributed by atoms with Gasteiger partial charge in [0, 0.05) is 17.3 Å². The molecule has 0 saturated heterocycles. The summed E-state index contributed by atoms with van der Waals surface area (Å²) < 4.78 is 5.36. The molecule has 0 unspecified atom stereocenters. The lowest BCUT2D eigenvalue weighted by molar-refractivity contribution is 0.182. The lowest BCUT2D eigenvalue weighted by atomic mass is 10.1.